The van der Waals surface area contributed by atoms with E-state index in [1.54, 1.807) is 36.2 Å². The molecule has 0 atom stereocenters. The van der Waals surface area contributed by atoms with Gasteiger partial charge >= 0.3 is 0 Å². The average Bonchev–Trinajstić information content (AvgIpc) is 3.01. The minimum atomic E-state index is -0.516. The van der Waals surface area contributed by atoms with Crippen LogP contribution in [0.5, 0.6) is 11.5 Å². The Morgan fingerprint density at radius 1 is 1.04 bits per heavy atom. The number of carbonyl (C=O) groups is 2. The molecule has 23 heavy (non-hydrogen) atoms. The number of benzene rings is 2. The van der Waals surface area contributed by atoms with Crippen molar-refractivity contribution < 1.29 is 19.1 Å². The minimum Gasteiger partial charge on any atom is -0.454 e. The number of ether oxygens (including phenoxy) is 2. The van der Waals surface area contributed by atoms with Crippen LogP contribution >= 0.6 is 0 Å². The fourth-order valence-electron chi connectivity index (χ4n) is 2.38. The molecule has 2 N–H and O–H groups in total. The van der Waals surface area contributed by atoms with E-state index < -0.39 is 5.91 Å². The molecule has 3 rings (SSSR count). The lowest BCUT2D eigenvalue weighted by molar-refractivity contribution is 0.0784. The lowest BCUT2D eigenvalue weighted by Gasteiger charge is -2.17. The van der Waals surface area contributed by atoms with E-state index in [1.165, 1.54) is 0 Å². The Balaban J connectivity index is 1.71. The molecular formula is C17H16N2O4. The highest BCUT2D eigenvalue weighted by molar-refractivity contribution is 5.97. The highest BCUT2D eigenvalue weighted by Gasteiger charge is 2.16. The highest BCUT2D eigenvalue weighted by Crippen LogP contribution is 2.32. The van der Waals surface area contributed by atoms with Crippen LogP contribution in [0.1, 0.15) is 26.3 Å². The van der Waals surface area contributed by atoms with Crippen LogP contribution in [0, 0.1) is 0 Å². The van der Waals surface area contributed by atoms with Gasteiger partial charge in [0, 0.05) is 24.7 Å². The van der Waals surface area contributed by atoms with Crippen LogP contribution in [0.4, 0.5) is 0 Å². The summed E-state index contributed by atoms with van der Waals surface area (Å²) in [4.78, 5) is 25.1. The maximum Gasteiger partial charge on any atom is 0.253 e. The normalized spacial score (nSPS) is 12.0. The van der Waals surface area contributed by atoms with Gasteiger partial charge in [-0.2, -0.15) is 0 Å². The maximum atomic E-state index is 12.4. The Bertz CT molecular complexity index is 756. The number of fused-ring (bicyclic) bond motifs is 1. The predicted octanol–water partition coefficient (Wildman–Crippen LogP) is 1.79. The third kappa shape index (κ3) is 3.11. The molecule has 2 amide bonds. The first-order valence-electron chi connectivity index (χ1n) is 7.08. The summed E-state index contributed by atoms with van der Waals surface area (Å²) in [5.74, 6) is 0.746. The summed E-state index contributed by atoms with van der Waals surface area (Å²) in [6.45, 7) is 0.660. The number of nitrogens with zero attached hydrogens (tertiary/aromatic N) is 1. The number of hydrogen-bond acceptors (Lipinski definition) is 4. The number of rotatable bonds is 4. The van der Waals surface area contributed by atoms with E-state index in [-0.39, 0.29) is 12.7 Å². The topological polar surface area (TPSA) is 81.9 Å². The lowest BCUT2D eigenvalue weighted by atomic mass is 10.1. The van der Waals surface area contributed by atoms with Crippen LogP contribution in [0.2, 0.25) is 0 Å². The molecule has 0 fully saturated rings. The molecule has 6 heteroatoms. The van der Waals surface area contributed by atoms with Crippen molar-refractivity contribution in [3.8, 4) is 11.5 Å². The van der Waals surface area contributed by atoms with E-state index in [2.05, 4.69) is 0 Å². The van der Waals surface area contributed by atoms with Gasteiger partial charge in [-0.05, 0) is 42.0 Å². The Morgan fingerprint density at radius 2 is 1.70 bits per heavy atom. The van der Waals surface area contributed by atoms with Gasteiger partial charge in [0.25, 0.3) is 5.91 Å². The molecule has 1 aliphatic heterocycles. The standard InChI is InChI=1S/C17H16N2O4/c1-19(9-11-2-7-14-15(8-11)23-10-22-14)17(21)13-5-3-12(4-6-13)16(18)20/h2-8H,9-10H2,1H3,(H2,18,20). The molecule has 0 saturated carbocycles. The van der Waals surface area contributed by atoms with Crippen molar-refractivity contribution in [2.24, 2.45) is 5.73 Å². The third-order valence-electron chi connectivity index (χ3n) is 3.62. The maximum absolute atomic E-state index is 12.4. The van der Waals surface area contributed by atoms with Crippen LogP contribution in [0.3, 0.4) is 0 Å². The van der Waals surface area contributed by atoms with Crippen LogP contribution < -0.4 is 15.2 Å². The molecule has 118 valence electrons. The Kier molecular flexibility index (Phi) is 3.89. The largest absolute Gasteiger partial charge is 0.454 e. The molecular weight excluding hydrogens is 296 g/mol. The number of nitrogens with two attached hydrogens (primary N) is 1. The summed E-state index contributed by atoms with van der Waals surface area (Å²) in [6.07, 6.45) is 0. The van der Waals surface area contributed by atoms with Gasteiger partial charge in [-0.15, -0.1) is 0 Å². The first-order valence-corrected chi connectivity index (χ1v) is 7.08. The fraction of sp³-hybridized carbons (Fsp3) is 0.176. The summed E-state index contributed by atoms with van der Waals surface area (Å²) in [5.41, 5.74) is 7.01. The Morgan fingerprint density at radius 3 is 2.39 bits per heavy atom. The van der Waals surface area contributed by atoms with E-state index >= 15 is 0 Å². The van der Waals surface area contributed by atoms with E-state index in [0.717, 1.165) is 5.56 Å². The molecule has 2 aromatic rings. The highest BCUT2D eigenvalue weighted by atomic mass is 16.7. The quantitative estimate of drug-likeness (QED) is 0.933. The van der Waals surface area contributed by atoms with Crippen molar-refractivity contribution in [2.75, 3.05) is 13.8 Å². The zero-order valence-electron chi connectivity index (χ0n) is 12.6. The Labute approximate surface area is 133 Å². The van der Waals surface area contributed by atoms with E-state index in [4.69, 9.17) is 15.2 Å². The van der Waals surface area contributed by atoms with Gasteiger partial charge < -0.3 is 20.1 Å². The van der Waals surface area contributed by atoms with E-state index in [0.29, 0.717) is 29.2 Å². The van der Waals surface area contributed by atoms with Crippen LogP contribution in [-0.2, 0) is 6.54 Å². The molecule has 1 heterocycles. The summed E-state index contributed by atoms with van der Waals surface area (Å²) in [5, 5.41) is 0. The van der Waals surface area contributed by atoms with Crippen LogP contribution in [-0.4, -0.2) is 30.6 Å². The number of hydrogen-bond donors (Lipinski definition) is 1. The first-order chi connectivity index (χ1) is 11.0. The second-order valence-corrected chi connectivity index (χ2v) is 5.29. The SMILES string of the molecule is CN(Cc1ccc2c(c1)OCO2)C(=O)c1ccc(C(N)=O)cc1. The second-order valence-electron chi connectivity index (χ2n) is 5.29. The summed E-state index contributed by atoms with van der Waals surface area (Å²) in [7, 11) is 1.72. The van der Waals surface area contributed by atoms with Gasteiger partial charge in [0.15, 0.2) is 11.5 Å². The molecule has 0 unspecified atom stereocenters. The molecule has 0 bridgehead atoms. The Hall–Kier alpha value is -3.02. The van der Waals surface area contributed by atoms with Gasteiger partial charge in [-0.3, -0.25) is 9.59 Å². The van der Waals surface area contributed by atoms with Gasteiger partial charge in [0.05, 0.1) is 0 Å². The van der Waals surface area contributed by atoms with Crippen molar-refractivity contribution in [1.29, 1.82) is 0 Å². The predicted molar refractivity (Wildman–Crippen MR) is 83.3 cm³/mol. The monoisotopic (exact) mass is 312 g/mol. The molecule has 0 aliphatic carbocycles. The van der Waals surface area contributed by atoms with Crippen molar-refractivity contribution in [3.05, 3.63) is 59.2 Å². The number of primary amides is 1. The van der Waals surface area contributed by atoms with Crippen molar-refractivity contribution in [3.63, 3.8) is 0 Å². The lowest BCUT2D eigenvalue weighted by Crippen LogP contribution is -2.26. The third-order valence-corrected chi connectivity index (χ3v) is 3.62. The summed E-state index contributed by atoms with van der Waals surface area (Å²) < 4.78 is 10.6. The smallest absolute Gasteiger partial charge is 0.253 e. The molecule has 0 radical (unpaired) electrons. The zero-order chi connectivity index (χ0) is 16.4. The van der Waals surface area contributed by atoms with Gasteiger partial charge in [0.1, 0.15) is 0 Å². The summed E-state index contributed by atoms with van der Waals surface area (Å²) in [6, 6.07) is 11.9. The van der Waals surface area contributed by atoms with E-state index in [9.17, 15) is 9.59 Å². The van der Waals surface area contributed by atoms with Gasteiger partial charge in [-0.25, -0.2) is 0 Å². The van der Waals surface area contributed by atoms with E-state index in [1.807, 2.05) is 18.2 Å². The fourth-order valence-corrected chi connectivity index (χ4v) is 2.38. The van der Waals surface area contributed by atoms with Crippen LogP contribution in [0.15, 0.2) is 42.5 Å². The second kappa shape index (κ2) is 6.00. The number of amides is 2. The summed E-state index contributed by atoms with van der Waals surface area (Å²) >= 11 is 0. The van der Waals surface area contributed by atoms with Gasteiger partial charge in [-0.1, -0.05) is 6.07 Å². The average molecular weight is 312 g/mol. The molecule has 0 saturated heterocycles. The van der Waals surface area contributed by atoms with Crippen molar-refractivity contribution in [1.82, 2.24) is 4.90 Å². The van der Waals surface area contributed by atoms with Gasteiger partial charge in [0.2, 0.25) is 12.7 Å². The molecule has 2 aromatic carbocycles. The molecule has 6 nitrogen and oxygen atoms in total. The van der Waals surface area contributed by atoms with Crippen molar-refractivity contribution >= 4 is 11.8 Å². The van der Waals surface area contributed by atoms with Crippen molar-refractivity contribution in [2.45, 2.75) is 6.54 Å². The molecule has 1 aliphatic rings. The zero-order valence-corrected chi connectivity index (χ0v) is 12.6. The molecule has 0 spiro atoms. The number of carbonyl (C=O) groups excluding carboxylic acids is 2. The molecule has 0 aromatic heterocycles. The van der Waals surface area contributed by atoms with Crippen LogP contribution in [0.25, 0.3) is 0 Å². The first kappa shape index (κ1) is 14.9. The minimum absolute atomic E-state index is 0.140.